The molecular formula is C33H49N5O3S2. The van der Waals surface area contributed by atoms with Gasteiger partial charge in [0.2, 0.25) is 5.91 Å². The number of carbonyl (C=O) groups excluding carboxylic acids is 1. The van der Waals surface area contributed by atoms with Gasteiger partial charge in [0.25, 0.3) is 10.2 Å². The van der Waals surface area contributed by atoms with Crippen molar-refractivity contribution in [2.24, 2.45) is 0 Å². The van der Waals surface area contributed by atoms with Gasteiger partial charge in [0.1, 0.15) is 0 Å². The predicted octanol–water partition coefficient (Wildman–Crippen LogP) is 5.30. The van der Waals surface area contributed by atoms with Crippen LogP contribution in [0.5, 0.6) is 0 Å². The van der Waals surface area contributed by atoms with Crippen LogP contribution in [0.4, 0.5) is 5.00 Å². The molecule has 0 spiro atoms. The van der Waals surface area contributed by atoms with Crippen molar-refractivity contribution in [3.05, 3.63) is 51.4 Å². The first kappa shape index (κ1) is 31.0. The Bertz CT molecular complexity index is 1420. The number of fused-ring (bicyclic) bond motifs is 3. The highest BCUT2D eigenvalue weighted by Gasteiger charge is 2.48. The quantitative estimate of drug-likeness (QED) is 0.395. The Morgan fingerprint density at radius 3 is 2.19 bits per heavy atom. The summed E-state index contributed by atoms with van der Waals surface area (Å²) in [5.74, 6) is 0.604. The molecule has 1 aromatic carbocycles. The van der Waals surface area contributed by atoms with Crippen LogP contribution in [0.1, 0.15) is 97.9 Å². The molecule has 0 radical (unpaired) electrons. The van der Waals surface area contributed by atoms with Crippen molar-refractivity contribution >= 4 is 32.5 Å². The number of anilines is 1. The van der Waals surface area contributed by atoms with Gasteiger partial charge in [0.05, 0.1) is 16.5 Å². The molecule has 2 N–H and O–H groups in total. The zero-order valence-electron chi connectivity index (χ0n) is 26.7. The fourth-order valence-electron chi connectivity index (χ4n) is 7.93. The van der Waals surface area contributed by atoms with Crippen LogP contribution in [-0.4, -0.2) is 80.3 Å². The third kappa shape index (κ3) is 6.02. The molecule has 3 saturated heterocycles. The summed E-state index contributed by atoms with van der Waals surface area (Å²) < 4.78 is 28.7. The second-order valence-electron chi connectivity index (χ2n) is 14.2. The number of hydrogen-bond acceptors (Lipinski definition) is 6. The smallest absolute Gasteiger partial charge is 0.279 e. The molecule has 2 unspecified atom stereocenters. The molecule has 6 rings (SSSR count). The van der Waals surface area contributed by atoms with Crippen LogP contribution in [0, 0.1) is 13.8 Å². The van der Waals surface area contributed by atoms with Crippen molar-refractivity contribution in [3.63, 3.8) is 0 Å². The van der Waals surface area contributed by atoms with E-state index in [0.29, 0.717) is 23.9 Å². The van der Waals surface area contributed by atoms with Crippen LogP contribution in [0.15, 0.2) is 24.3 Å². The minimum absolute atomic E-state index is 0.0172. The van der Waals surface area contributed by atoms with Crippen LogP contribution in [-0.2, 0) is 20.4 Å². The summed E-state index contributed by atoms with van der Waals surface area (Å²) in [4.78, 5) is 19.8. The van der Waals surface area contributed by atoms with E-state index >= 15 is 0 Å². The van der Waals surface area contributed by atoms with Gasteiger partial charge < -0.3 is 15.1 Å². The Kier molecular flexibility index (Phi) is 8.47. The molecule has 236 valence electrons. The van der Waals surface area contributed by atoms with Crippen LogP contribution < -0.4 is 10.0 Å². The van der Waals surface area contributed by atoms with Gasteiger partial charge in [0, 0.05) is 43.0 Å². The lowest BCUT2D eigenvalue weighted by molar-refractivity contribution is -0.137. The third-order valence-electron chi connectivity index (χ3n) is 10.4. The van der Waals surface area contributed by atoms with Crippen LogP contribution in [0.3, 0.4) is 0 Å². The highest BCUT2D eigenvalue weighted by atomic mass is 32.2. The molecule has 2 aromatic rings. The zero-order chi connectivity index (χ0) is 30.7. The summed E-state index contributed by atoms with van der Waals surface area (Å²) in [6.07, 6.45) is 7.28. The largest absolute Gasteiger partial charge is 0.369 e. The second kappa shape index (κ2) is 11.7. The summed E-state index contributed by atoms with van der Waals surface area (Å²) in [7, 11) is -0.281. The van der Waals surface area contributed by atoms with Crippen molar-refractivity contribution in [3.8, 4) is 0 Å². The molecule has 2 bridgehead atoms. The van der Waals surface area contributed by atoms with Gasteiger partial charge in [-0.3, -0.25) is 4.79 Å². The lowest BCUT2D eigenvalue weighted by Crippen LogP contribution is -2.48. The first-order chi connectivity index (χ1) is 20.3. The molecular weight excluding hydrogens is 579 g/mol. The molecule has 8 nitrogen and oxygen atoms in total. The third-order valence-corrected chi connectivity index (χ3v) is 13.4. The fraction of sp³-hybridized carbons (Fsp3) is 0.667. The van der Waals surface area contributed by atoms with Crippen molar-refractivity contribution in [2.45, 2.75) is 108 Å². The molecule has 1 amide bonds. The van der Waals surface area contributed by atoms with E-state index in [9.17, 15) is 13.2 Å². The van der Waals surface area contributed by atoms with E-state index in [4.69, 9.17) is 0 Å². The number of carbonyl (C=O) groups is 1. The fourth-order valence-corrected chi connectivity index (χ4v) is 10.1. The average molecular weight is 628 g/mol. The van der Waals surface area contributed by atoms with Crippen LogP contribution in [0.25, 0.3) is 0 Å². The predicted molar refractivity (Wildman–Crippen MR) is 175 cm³/mol. The molecule has 3 fully saturated rings. The standard InChI is InChI=1S/C33H49N5O3S2/c1-21-17-22(2)19-23(18-21)30-27(13-16-37-14-11-24(12-15-37)35-43(40,41)36(5)6)28-20-29(42-31(28)34-30)33(3,4)32(39)38-25-7-8-26(38)10-9-25/h17-20,24-27,30,34-35H,7-16H2,1-6H3. The van der Waals surface area contributed by atoms with Crippen molar-refractivity contribution < 1.29 is 13.2 Å². The highest BCUT2D eigenvalue weighted by molar-refractivity contribution is 7.87. The summed E-state index contributed by atoms with van der Waals surface area (Å²) >= 11 is 1.78. The Labute approximate surface area is 262 Å². The zero-order valence-corrected chi connectivity index (χ0v) is 28.3. The maximum atomic E-state index is 13.9. The maximum absolute atomic E-state index is 13.9. The number of thiophene rings is 1. The summed E-state index contributed by atoms with van der Waals surface area (Å²) in [5, 5.41) is 5.13. The van der Waals surface area contributed by atoms with Gasteiger partial charge in [-0.1, -0.05) is 29.3 Å². The molecule has 5 heterocycles. The number of benzene rings is 1. The van der Waals surface area contributed by atoms with E-state index in [1.807, 2.05) is 0 Å². The summed E-state index contributed by atoms with van der Waals surface area (Å²) in [6, 6.07) is 10.3. The Morgan fingerprint density at radius 2 is 1.60 bits per heavy atom. The molecule has 2 atom stereocenters. The first-order valence-electron chi connectivity index (χ1n) is 16.1. The van der Waals surface area contributed by atoms with E-state index in [1.54, 1.807) is 25.4 Å². The van der Waals surface area contributed by atoms with E-state index in [0.717, 1.165) is 64.6 Å². The Balaban J connectivity index is 1.19. The first-order valence-corrected chi connectivity index (χ1v) is 18.3. The Morgan fingerprint density at radius 1 is 1.00 bits per heavy atom. The average Bonchev–Trinajstić information content (AvgIpc) is 3.72. The maximum Gasteiger partial charge on any atom is 0.279 e. The molecule has 4 aliphatic rings. The molecule has 43 heavy (non-hydrogen) atoms. The number of piperidine rings is 1. The number of rotatable bonds is 9. The van der Waals surface area contributed by atoms with Crippen molar-refractivity contribution in [2.75, 3.05) is 39.0 Å². The second-order valence-corrected chi connectivity index (χ2v) is 17.1. The van der Waals surface area contributed by atoms with Gasteiger partial charge in [-0.25, -0.2) is 0 Å². The number of aryl methyl sites for hydroxylation is 2. The Hall–Kier alpha value is -1.98. The lowest BCUT2D eigenvalue weighted by atomic mass is 9.84. The van der Waals surface area contributed by atoms with Crippen LogP contribution in [0.2, 0.25) is 0 Å². The number of nitrogens with one attached hydrogen (secondary N) is 2. The lowest BCUT2D eigenvalue weighted by Gasteiger charge is -2.34. The van der Waals surface area contributed by atoms with Crippen LogP contribution >= 0.6 is 11.3 Å². The summed E-state index contributed by atoms with van der Waals surface area (Å²) in [6.45, 7) is 11.3. The molecule has 1 aromatic heterocycles. The molecule has 10 heteroatoms. The SMILES string of the molecule is Cc1cc(C)cc(C2Nc3sc(C(C)(C)C(=O)N4C5CCC4CC5)cc3C2CCN2CCC(NS(=O)(=O)N(C)C)CC2)c1. The van der Waals surface area contributed by atoms with Gasteiger partial charge in [-0.05, 0) is 109 Å². The minimum atomic E-state index is -3.41. The molecule has 0 aliphatic carbocycles. The number of hydrogen-bond donors (Lipinski definition) is 2. The monoisotopic (exact) mass is 627 g/mol. The van der Waals surface area contributed by atoms with Gasteiger partial charge in [-0.15, -0.1) is 11.3 Å². The van der Waals surface area contributed by atoms with E-state index < -0.39 is 15.6 Å². The molecule has 4 aliphatic heterocycles. The van der Waals surface area contributed by atoms with E-state index in [1.165, 1.54) is 36.4 Å². The highest BCUT2D eigenvalue weighted by Crippen LogP contribution is 2.52. The normalized spacial score (nSPS) is 26.3. The number of nitrogens with zero attached hydrogens (tertiary/aromatic N) is 3. The number of amides is 1. The van der Waals surface area contributed by atoms with Gasteiger partial charge in [-0.2, -0.15) is 17.4 Å². The van der Waals surface area contributed by atoms with Gasteiger partial charge in [0.15, 0.2) is 0 Å². The topological polar surface area (TPSA) is 85.0 Å². The van der Waals surface area contributed by atoms with Crippen molar-refractivity contribution in [1.82, 2.24) is 18.8 Å². The van der Waals surface area contributed by atoms with Crippen molar-refractivity contribution in [1.29, 1.82) is 0 Å². The summed E-state index contributed by atoms with van der Waals surface area (Å²) in [5.41, 5.74) is 4.70. The number of likely N-dealkylation sites (tertiary alicyclic amines) is 1. The van der Waals surface area contributed by atoms with Gasteiger partial charge >= 0.3 is 0 Å². The molecule has 0 saturated carbocycles. The van der Waals surface area contributed by atoms with E-state index in [-0.39, 0.29) is 12.1 Å². The minimum Gasteiger partial charge on any atom is -0.369 e. The van der Waals surface area contributed by atoms with E-state index in [2.05, 4.69) is 71.8 Å².